The van der Waals surface area contributed by atoms with Crippen LogP contribution in [0.2, 0.25) is 5.02 Å². The average molecular weight is 253 g/mol. The van der Waals surface area contributed by atoms with E-state index in [0.717, 1.165) is 11.3 Å². The van der Waals surface area contributed by atoms with Gasteiger partial charge in [-0.05, 0) is 18.2 Å². The van der Waals surface area contributed by atoms with Crippen molar-refractivity contribution in [1.29, 1.82) is 0 Å². The summed E-state index contributed by atoms with van der Waals surface area (Å²) in [5, 5.41) is 12.8. The van der Waals surface area contributed by atoms with E-state index >= 15 is 0 Å². The highest BCUT2D eigenvalue weighted by molar-refractivity contribution is 6.31. The Morgan fingerprint density at radius 2 is 2.35 bits per heavy atom. The van der Waals surface area contributed by atoms with Crippen LogP contribution in [0.3, 0.4) is 0 Å². The molecule has 90 valence electrons. The molecule has 0 unspecified atom stereocenters. The predicted molar refractivity (Wildman–Crippen MR) is 67.0 cm³/mol. The van der Waals surface area contributed by atoms with Crippen molar-refractivity contribution >= 4 is 28.9 Å². The summed E-state index contributed by atoms with van der Waals surface area (Å²) in [5.74, 6) is 0.0607. The van der Waals surface area contributed by atoms with Crippen molar-refractivity contribution in [3.8, 4) is 0 Å². The monoisotopic (exact) mass is 252 g/mol. The molecule has 4 nitrogen and oxygen atoms in total. The molecule has 0 aromatic heterocycles. The second-order valence-electron chi connectivity index (χ2n) is 3.86. The molecule has 1 aliphatic heterocycles. The number of hydrogen-bond donors (Lipinski definition) is 1. The third-order valence-corrected chi connectivity index (χ3v) is 3.09. The second-order valence-corrected chi connectivity index (χ2v) is 4.29. The first kappa shape index (κ1) is 11.9. The lowest BCUT2D eigenvalue weighted by Gasteiger charge is -2.29. The lowest BCUT2D eigenvalue weighted by Crippen LogP contribution is -2.37. The van der Waals surface area contributed by atoms with E-state index in [2.05, 4.69) is 5.16 Å². The molecule has 0 spiro atoms. The van der Waals surface area contributed by atoms with Crippen molar-refractivity contribution < 1.29 is 10.0 Å². The molecule has 2 rings (SSSR count). The number of anilines is 1. The highest BCUT2D eigenvalue weighted by Crippen LogP contribution is 2.30. The fraction of sp³-hybridized carbons (Fsp3) is 0.333. The van der Waals surface area contributed by atoms with Crippen molar-refractivity contribution in [3.05, 3.63) is 28.8 Å². The number of benzene rings is 1. The first-order chi connectivity index (χ1) is 8.17. The largest absolute Gasteiger partial charge is 0.411 e. The molecule has 1 aliphatic rings. The Kier molecular flexibility index (Phi) is 3.33. The van der Waals surface area contributed by atoms with Gasteiger partial charge in [0.15, 0.2) is 0 Å². The fourth-order valence-corrected chi connectivity index (χ4v) is 2.17. The number of rotatable bonds is 1. The number of oxime groups is 1. The number of carbonyl (C=O) groups is 1. The summed E-state index contributed by atoms with van der Waals surface area (Å²) in [4.78, 5) is 13.5. The molecular weight excluding hydrogens is 240 g/mol. The molecule has 1 N–H and O–H groups in total. The van der Waals surface area contributed by atoms with Gasteiger partial charge >= 0.3 is 0 Å². The Bertz CT molecular complexity index is 485. The van der Waals surface area contributed by atoms with Crippen LogP contribution in [0.5, 0.6) is 0 Å². The fourth-order valence-electron chi connectivity index (χ4n) is 2.00. The van der Waals surface area contributed by atoms with Gasteiger partial charge in [-0.1, -0.05) is 23.7 Å². The zero-order valence-electron chi connectivity index (χ0n) is 9.48. The summed E-state index contributed by atoms with van der Waals surface area (Å²) in [5.41, 5.74) is 2.07. The van der Waals surface area contributed by atoms with Gasteiger partial charge in [-0.3, -0.25) is 4.79 Å². The van der Waals surface area contributed by atoms with Gasteiger partial charge in [-0.2, -0.15) is 0 Å². The lowest BCUT2D eigenvalue weighted by molar-refractivity contribution is -0.118. The summed E-state index contributed by atoms with van der Waals surface area (Å²) >= 11 is 5.92. The molecule has 0 saturated heterocycles. The van der Waals surface area contributed by atoms with Gasteiger partial charge in [-0.15, -0.1) is 0 Å². The molecule has 1 amide bonds. The molecule has 1 aromatic rings. The predicted octanol–water partition coefficient (Wildman–Crippen LogP) is 2.67. The molecule has 0 atom stereocenters. The van der Waals surface area contributed by atoms with Crippen LogP contribution in [0.25, 0.3) is 0 Å². The van der Waals surface area contributed by atoms with Gasteiger partial charge < -0.3 is 10.1 Å². The molecular formula is C12H13ClN2O2. The van der Waals surface area contributed by atoms with E-state index in [-0.39, 0.29) is 5.91 Å². The van der Waals surface area contributed by atoms with E-state index in [1.165, 1.54) is 0 Å². The molecule has 0 radical (unpaired) electrons. The summed E-state index contributed by atoms with van der Waals surface area (Å²) in [7, 11) is 0. The quantitative estimate of drug-likeness (QED) is 0.617. The molecule has 0 saturated carbocycles. The topological polar surface area (TPSA) is 52.9 Å². The number of hydrogen-bond acceptors (Lipinski definition) is 3. The molecule has 0 bridgehead atoms. The van der Waals surface area contributed by atoms with Crippen LogP contribution in [0.15, 0.2) is 23.4 Å². The second kappa shape index (κ2) is 4.75. The zero-order chi connectivity index (χ0) is 12.4. The van der Waals surface area contributed by atoms with E-state index in [1.807, 2.05) is 6.92 Å². The van der Waals surface area contributed by atoms with Gasteiger partial charge in [0.25, 0.3) is 0 Å². The van der Waals surface area contributed by atoms with Gasteiger partial charge in [0, 0.05) is 30.0 Å². The Balaban J connectivity index is 2.51. The molecule has 1 aromatic carbocycles. The minimum absolute atomic E-state index is 0.0607. The Hall–Kier alpha value is -1.55. The molecule has 0 fully saturated rings. The van der Waals surface area contributed by atoms with Gasteiger partial charge in [0.2, 0.25) is 5.91 Å². The molecule has 1 heterocycles. The normalized spacial score (nSPS) is 17.1. The summed E-state index contributed by atoms with van der Waals surface area (Å²) in [6.07, 6.45) is 0.989. The van der Waals surface area contributed by atoms with Crippen molar-refractivity contribution in [2.24, 2.45) is 5.16 Å². The van der Waals surface area contributed by atoms with Crippen molar-refractivity contribution in [1.82, 2.24) is 0 Å². The van der Waals surface area contributed by atoms with Crippen LogP contribution < -0.4 is 4.90 Å². The third kappa shape index (κ3) is 2.13. The summed E-state index contributed by atoms with van der Waals surface area (Å²) in [6, 6.07) is 5.24. The van der Waals surface area contributed by atoms with Crippen molar-refractivity contribution in [2.75, 3.05) is 11.4 Å². The highest BCUT2D eigenvalue weighted by atomic mass is 35.5. The van der Waals surface area contributed by atoms with Crippen LogP contribution in [-0.2, 0) is 4.79 Å². The minimum Gasteiger partial charge on any atom is -0.411 e. The number of nitrogens with zero attached hydrogens (tertiary/aromatic N) is 2. The number of carbonyl (C=O) groups excluding carboxylic acids is 1. The zero-order valence-corrected chi connectivity index (χ0v) is 10.2. The first-order valence-electron chi connectivity index (χ1n) is 5.48. The van der Waals surface area contributed by atoms with Gasteiger partial charge in [0.05, 0.1) is 11.4 Å². The standard InChI is InChI=1S/C12H13ClN2O2/c1-2-12(16)15-6-5-10(14-17)9-7-8(13)3-4-11(9)15/h3-4,7,17H,2,5-6H2,1H3/b14-10-. The van der Waals surface area contributed by atoms with Gasteiger partial charge in [-0.25, -0.2) is 0 Å². The van der Waals surface area contributed by atoms with E-state index < -0.39 is 0 Å². The highest BCUT2D eigenvalue weighted by Gasteiger charge is 2.25. The number of amides is 1. The summed E-state index contributed by atoms with van der Waals surface area (Å²) < 4.78 is 0. The minimum atomic E-state index is 0.0607. The first-order valence-corrected chi connectivity index (χ1v) is 5.86. The Morgan fingerprint density at radius 1 is 1.59 bits per heavy atom. The summed E-state index contributed by atoms with van der Waals surface area (Å²) in [6.45, 7) is 2.37. The Labute approximate surface area is 104 Å². The van der Waals surface area contributed by atoms with E-state index in [1.54, 1.807) is 23.1 Å². The molecule has 5 heteroatoms. The lowest BCUT2D eigenvalue weighted by atomic mass is 9.99. The Morgan fingerprint density at radius 3 is 3.00 bits per heavy atom. The van der Waals surface area contributed by atoms with Crippen LogP contribution in [-0.4, -0.2) is 23.4 Å². The van der Waals surface area contributed by atoms with Gasteiger partial charge in [0.1, 0.15) is 0 Å². The smallest absolute Gasteiger partial charge is 0.226 e. The van der Waals surface area contributed by atoms with Crippen molar-refractivity contribution in [2.45, 2.75) is 19.8 Å². The maximum Gasteiger partial charge on any atom is 0.226 e. The van der Waals surface area contributed by atoms with Crippen LogP contribution in [0, 0.1) is 0 Å². The van der Waals surface area contributed by atoms with Crippen LogP contribution in [0.4, 0.5) is 5.69 Å². The third-order valence-electron chi connectivity index (χ3n) is 2.86. The van der Waals surface area contributed by atoms with Crippen LogP contribution in [0.1, 0.15) is 25.3 Å². The average Bonchev–Trinajstić information content (AvgIpc) is 2.36. The maximum absolute atomic E-state index is 11.8. The van der Waals surface area contributed by atoms with Crippen molar-refractivity contribution in [3.63, 3.8) is 0 Å². The van der Waals surface area contributed by atoms with E-state index in [9.17, 15) is 4.79 Å². The number of halogens is 1. The maximum atomic E-state index is 11.8. The molecule has 17 heavy (non-hydrogen) atoms. The number of fused-ring (bicyclic) bond motifs is 1. The van der Waals surface area contributed by atoms with E-state index in [4.69, 9.17) is 16.8 Å². The van der Waals surface area contributed by atoms with E-state index in [0.29, 0.717) is 30.1 Å². The molecule has 0 aliphatic carbocycles. The SMILES string of the molecule is CCC(=O)N1CC/C(=N/O)c2cc(Cl)ccc21. The van der Waals surface area contributed by atoms with Crippen LogP contribution >= 0.6 is 11.6 Å².